The summed E-state index contributed by atoms with van der Waals surface area (Å²) in [6.07, 6.45) is 5.70. The van der Waals surface area contributed by atoms with E-state index in [1.54, 1.807) is 18.4 Å². The third-order valence-electron chi connectivity index (χ3n) is 4.28. The first-order chi connectivity index (χ1) is 10.8. The van der Waals surface area contributed by atoms with Gasteiger partial charge in [-0.25, -0.2) is 4.98 Å². The number of hydrogen-bond donors (Lipinski definition) is 1. The summed E-state index contributed by atoms with van der Waals surface area (Å²) in [7, 11) is 1.73. The van der Waals surface area contributed by atoms with Gasteiger partial charge in [0, 0.05) is 18.0 Å². The van der Waals surface area contributed by atoms with E-state index in [9.17, 15) is 0 Å². The summed E-state index contributed by atoms with van der Waals surface area (Å²) in [5, 5.41) is 7.13. The number of aromatic nitrogens is 1. The number of thiazole rings is 1. The van der Waals surface area contributed by atoms with Gasteiger partial charge in [-0.05, 0) is 55.4 Å². The van der Waals surface area contributed by atoms with Gasteiger partial charge in [0.1, 0.15) is 5.75 Å². The Bertz CT molecular complexity index is 623. The van der Waals surface area contributed by atoms with Crippen LogP contribution in [-0.4, -0.2) is 18.1 Å². The monoisotopic (exact) mass is 316 g/mol. The van der Waals surface area contributed by atoms with Crippen molar-refractivity contribution in [1.82, 2.24) is 10.3 Å². The number of fused-ring (bicyclic) bond motifs is 1. The van der Waals surface area contributed by atoms with Gasteiger partial charge < -0.3 is 10.1 Å². The topological polar surface area (TPSA) is 34.2 Å². The summed E-state index contributed by atoms with van der Waals surface area (Å²) >= 11 is 1.79. The van der Waals surface area contributed by atoms with E-state index in [0.717, 1.165) is 31.6 Å². The molecule has 0 amide bonds. The fraction of sp³-hybridized carbons (Fsp3) is 0.500. The molecule has 1 aromatic heterocycles. The quantitative estimate of drug-likeness (QED) is 0.881. The maximum atomic E-state index is 5.34. The van der Waals surface area contributed by atoms with Gasteiger partial charge in [-0.2, -0.15) is 0 Å². The summed E-state index contributed by atoms with van der Waals surface area (Å²) in [6, 6.07) is 7.00. The highest BCUT2D eigenvalue weighted by atomic mass is 32.1. The fourth-order valence-electron chi connectivity index (χ4n) is 3.04. The standard InChI is InChI=1S/C18H24N2OS/c1-3-4-18-20-16(12-22-18)11-19-15-7-5-13-6-8-17(21-2)10-14(13)9-15/h6,8,10,12,15,19H,3-5,7,9,11H2,1-2H3. The second kappa shape index (κ2) is 7.25. The molecule has 1 aliphatic carbocycles. The van der Waals surface area contributed by atoms with Gasteiger partial charge in [-0.3, -0.25) is 0 Å². The maximum absolute atomic E-state index is 5.34. The first-order valence-electron chi connectivity index (χ1n) is 8.11. The molecule has 1 aromatic carbocycles. The molecule has 4 heteroatoms. The average molecular weight is 316 g/mol. The third kappa shape index (κ3) is 3.68. The van der Waals surface area contributed by atoms with Crippen LogP contribution in [0, 0.1) is 0 Å². The molecule has 0 fully saturated rings. The van der Waals surface area contributed by atoms with Crippen LogP contribution < -0.4 is 10.1 Å². The Morgan fingerprint density at radius 1 is 1.36 bits per heavy atom. The molecule has 2 aromatic rings. The highest BCUT2D eigenvalue weighted by Gasteiger charge is 2.19. The predicted molar refractivity (Wildman–Crippen MR) is 91.8 cm³/mol. The summed E-state index contributed by atoms with van der Waals surface area (Å²) in [5.41, 5.74) is 4.08. The van der Waals surface area contributed by atoms with E-state index in [1.165, 1.54) is 34.7 Å². The molecule has 1 heterocycles. The molecule has 1 atom stereocenters. The highest BCUT2D eigenvalue weighted by Crippen LogP contribution is 2.25. The number of benzene rings is 1. The number of methoxy groups -OCH3 is 1. The predicted octanol–water partition coefficient (Wildman–Crippen LogP) is 3.75. The Morgan fingerprint density at radius 3 is 3.09 bits per heavy atom. The van der Waals surface area contributed by atoms with E-state index in [4.69, 9.17) is 9.72 Å². The van der Waals surface area contributed by atoms with E-state index in [0.29, 0.717) is 6.04 Å². The Hall–Kier alpha value is -1.39. The lowest BCUT2D eigenvalue weighted by atomic mass is 9.88. The minimum atomic E-state index is 0.538. The van der Waals surface area contributed by atoms with Crippen molar-refractivity contribution >= 4 is 11.3 Å². The van der Waals surface area contributed by atoms with Gasteiger partial charge in [0.15, 0.2) is 0 Å². The first kappa shape index (κ1) is 15.5. The van der Waals surface area contributed by atoms with Crippen molar-refractivity contribution in [3.05, 3.63) is 45.4 Å². The van der Waals surface area contributed by atoms with Crippen molar-refractivity contribution in [1.29, 1.82) is 0 Å². The zero-order valence-corrected chi connectivity index (χ0v) is 14.2. The van der Waals surface area contributed by atoms with Gasteiger partial charge in [-0.15, -0.1) is 11.3 Å². The summed E-state index contributed by atoms with van der Waals surface area (Å²) < 4.78 is 5.34. The molecule has 1 N–H and O–H groups in total. The van der Waals surface area contributed by atoms with Crippen LogP contribution in [0.4, 0.5) is 0 Å². The molecule has 118 valence electrons. The minimum Gasteiger partial charge on any atom is -0.497 e. The minimum absolute atomic E-state index is 0.538. The van der Waals surface area contributed by atoms with Crippen LogP contribution in [0.25, 0.3) is 0 Å². The lowest BCUT2D eigenvalue weighted by Crippen LogP contribution is -2.34. The van der Waals surface area contributed by atoms with Crippen LogP contribution in [0.3, 0.4) is 0 Å². The number of nitrogens with zero attached hydrogens (tertiary/aromatic N) is 1. The van der Waals surface area contributed by atoms with E-state index >= 15 is 0 Å². The van der Waals surface area contributed by atoms with Crippen molar-refractivity contribution in [2.75, 3.05) is 7.11 Å². The average Bonchev–Trinajstić information content (AvgIpc) is 3.00. The van der Waals surface area contributed by atoms with Gasteiger partial charge in [0.05, 0.1) is 17.8 Å². The third-order valence-corrected chi connectivity index (χ3v) is 5.23. The Balaban J connectivity index is 1.57. The Kier molecular flexibility index (Phi) is 5.11. The van der Waals surface area contributed by atoms with Gasteiger partial charge >= 0.3 is 0 Å². The van der Waals surface area contributed by atoms with Crippen LogP contribution in [0.5, 0.6) is 5.75 Å². The summed E-state index contributed by atoms with van der Waals surface area (Å²) in [6.45, 7) is 3.08. The van der Waals surface area contributed by atoms with Crippen molar-refractivity contribution in [2.24, 2.45) is 0 Å². The smallest absolute Gasteiger partial charge is 0.119 e. The molecular formula is C18H24N2OS. The second-order valence-electron chi connectivity index (χ2n) is 5.94. The zero-order valence-electron chi connectivity index (χ0n) is 13.4. The fourth-order valence-corrected chi connectivity index (χ4v) is 3.94. The lowest BCUT2D eigenvalue weighted by Gasteiger charge is -2.25. The number of ether oxygens (including phenoxy) is 1. The van der Waals surface area contributed by atoms with Gasteiger partial charge in [0.2, 0.25) is 0 Å². The molecule has 3 rings (SSSR count). The van der Waals surface area contributed by atoms with E-state index in [-0.39, 0.29) is 0 Å². The van der Waals surface area contributed by atoms with E-state index in [1.807, 2.05) is 0 Å². The second-order valence-corrected chi connectivity index (χ2v) is 6.88. The SMILES string of the molecule is CCCc1nc(CNC2CCc3ccc(OC)cc3C2)cs1. The molecule has 1 aliphatic rings. The van der Waals surface area contributed by atoms with E-state index in [2.05, 4.69) is 35.8 Å². The number of hydrogen-bond acceptors (Lipinski definition) is 4. The van der Waals surface area contributed by atoms with Crippen LogP contribution in [-0.2, 0) is 25.8 Å². The molecule has 0 radical (unpaired) electrons. The van der Waals surface area contributed by atoms with Crippen molar-refractivity contribution < 1.29 is 4.74 Å². The van der Waals surface area contributed by atoms with Crippen LogP contribution in [0.2, 0.25) is 0 Å². The molecular weight excluding hydrogens is 292 g/mol. The van der Waals surface area contributed by atoms with Gasteiger partial charge in [-0.1, -0.05) is 13.0 Å². The van der Waals surface area contributed by atoms with Crippen molar-refractivity contribution in [2.45, 2.75) is 51.6 Å². The largest absolute Gasteiger partial charge is 0.497 e. The molecule has 0 bridgehead atoms. The molecule has 0 spiro atoms. The summed E-state index contributed by atoms with van der Waals surface area (Å²) in [4.78, 5) is 4.69. The first-order valence-corrected chi connectivity index (χ1v) is 8.99. The summed E-state index contributed by atoms with van der Waals surface area (Å²) in [5.74, 6) is 0.961. The molecule has 3 nitrogen and oxygen atoms in total. The number of rotatable bonds is 6. The number of aryl methyl sites for hydroxylation is 2. The van der Waals surface area contributed by atoms with Crippen molar-refractivity contribution in [3.63, 3.8) is 0 Å². The Morgan fingerprint density at radius 2 is 2.27 bits per heavy atom. The molecule has 0 saturated heterocycles. The zero-order chi connectivity index (χ0) is 15.4. The van der Waals surface area contributed by atoms with Crippen molar-refractivity contribution in [3.8, 4) is 5.75 Å². The van der Waals surface area contributed by atoms with Crippen LogP contribution in [0.1, 0.15) is 41.6 Å². The molecule has 22 heavy (non-hydrogen) atoms. The molecule has 0 aliphatic heterocycles. The molecule has 0 saturated carbocycles. The molecule has 1 unspecified atom stereocenters. The Labute approximate surface area is 136 Å². The number of nitrogens with one attached hydrogen (secondary N) is 1. The van der Waals surface area contributed by atoms with Crippen LogP contribution >= 0.6 is 11.3 Å². The van der Waals surface area contributed by atoms with Crippen LogP contribution in [0.15, 0.2) is 23.6 Å². The maximum Gasteiger partial charge on any atom is 0.119 e. The lowest BCUT2D eigenvalue weighted by molar-refractivity contribution is 0.410. The normalized spacial score (nSPS) is 17.3. The van der Waals surface area contributed by atoms with Gasteiger partial charge in [0.25, 0.3) is 0 Å². The van der Waals surface area contributed by atoms with E-state index < -0.39 is 0 Å². The highest BCUT2D eigenvalue weighted by molar-refractivity contribution is 7.09.